The number of carbonyl (C=O) groups excluding carboxylic acids is 1. The smallest absolute Gasteiger partial charge is 0.274 e. The van der Waals surface area contributed by atoms with Crippen molar-refractivity contribution < 1.29 is 4.79 Å². The predicted octanol–water partition coefficient (Wildman–Crippen LogP) is 3.19. The maximum Gasteiger partial charge on any atom is 0.274 e. The second kappa shape index (κ2) is 6.21. The second-order valence-corrected chi connectivity index (χ2v) is 6.21. The van der Waals surface area contributed by atoms with Crippen molar-refractivity contribution in [2.24, 2.45) is 0 Å². The largest absolute Gasteiger partial charge is 0.339 e. The molecule has 4 heterocycles. The van der Waals surface area contributed by atoms with Gasteiger partial charge in [0.1, 0.15) is 5.69 Å². The van der Waals surface area contributed by atoms with Crippen molar-refractivity contribution in [3.05, 3.63) is 72.4 Å². The third kappa shape index (κ3) is 2.89. The fraction of sp³-hybridized carbons (Fsp3) is 0.0588. The molecule has 4 rings (SSSR count). The van der Waals surface area contributed by atoms with Gasteiger partial charge in [0, 0.05) is 31.3 Å². The molecule has 0 atom stereocenters. The number of fused-ring (bicyclic) bond motifs is 1. The molecule has 1 N–H and O–H groups in total. The van der Waals surface area contributed by atoms with Gasteiger partial charge in [-0.05, 0) is 42.0 Å². The third-order valence-electron chi connectivity index (χ3n) is 3.55. The van der Waals surface area contributed by atoms with Crippen molar-refractivity contribution in [1.82, 2.24) is 19.5 Å². The van der Waals surface area contributed by atoms with Crippen LogP contribution in [0.4, 0.5) is 5.13 Å². The van der Waals surface area contributed by atoms with Gasteiger partial charge in [-0.3, -0.25) is 15.1 Å². The Bertz CT molecular complexity index is 959. The van der Waals surface area contributed by atoms with E-state index in [4.69, 9.17) is 0 Å². The number of aromatic nitrogens is 4. The molecule has 4 aromatic rings. The number of hydrogen-bond donors (Lipinski definition) is 1. The van der Waals surface area contributed by atoms with E-state index in [2.05, 4.69) is 20.3 Å². The molecule has 24 heavy (non-hydrogen) atoms. The summed E-state index contributed by atoms with van der Waals surface area (Å²) in [6.07, 6.45) is 7.06. The lowest BCUT2D eigenvalue weighted by Crippen LogP contribution is -2.17. The van der Waals surface area contributed by atoms with Gasteiger partial charge >= 0.3 is 0 Å². The Morgan fingerprint density at radius 1 is 1.12 bits per heavy atom. The minimum Gasteiger partial charge on any atom is -0.339 e. The van der Waals surface area contributed by atoms with Crippen molar-refractivity contribution in [3.63, 3.8) is 0 Å². The second-order valence-electron chi connectivity index (χ2n) is 5.18. The molecule has 0 radical (unpaired) electrons. The van der Waals surface area contributed by atoms with E-state index in [9.17, 15) is 4.79 Å². The van der Waals surface area contributed by atoms with Crippen LogP contribution in [0.2, 0.25) is 0 Å². The zero-order chi connectivity index (χ0) is 16.4. The molecule has 4 aromatic heterocycles. The number of amides is 1. The first kappa shape index (κ1) is 14.5. The summed E-state index contributed by atoms with van der Waals surface area (Å²) in [6, 6.07) is 11.3. The van der Waals surface area contributed by atoms with Crippen molar-refractivity contribution >= 4 is 32.7 Å². The summed E-state index contributed by atoms with van der Waals surface area (Å²) < 4.78 is 2.84. The monoisotopic (exact) mass is 335 g/mol. The molecule has 0 aromatic carbocycles. The number of carbonyl (C=O) groups is 1. The van der Waals surface area contributed by atoms with Gasteiger partial charge in [0.15, 0.2) is 10.8 Å². The number of rotatable bonds is 4. The molecule has 0 spiro atoms. The van der Waals surface area contributed by atoms with Crippen LogP contribution in [0.15, 0.2) is 61.2 Å². The topological polar surface area (TPSA) is 72.7 Å². The average molecular weight is 335 g/mol. The maximum absolute atomic E-state index is 12.6. The Balaban J connectivity index is 1.55. The number of thiazole rings is 1. The van der Waals surface area contributed by atoms with Gasteiger partial charge in [-0.25, -0.2) is 4.98 Å². The van der Waals surface area contributed by atoms with E-state index in [-0.39, 0.29) is 5.91 Å². The first-order valence-corrected chi connectivity index (χ1v) is 8.18. The summed E-state index contributed by atoms with van der Waals surface area (Å²) in [6.45, 7) is 0.611. The van der Waals surface area contributed by atoms with Crippen LogP contribution in [-0.4, -0.2) is 25.4 Å². The zero-order valence-corrected chi connectivity index (χ0v) is 13.4. The Kier molecular flexibility index (Phi) is 3.76. The van der Waals surface area contributed by atoms with Gasteiger partial charge in [0.2, 0.25) is 0 Å². The van der Waals surface area contributed by atoms with E-state index in [1.54, 1.807) is 24.7 Å². The van der Waals surface area contributed by atoms with E-state index in [1.165, 1.54) is 11.3 Å². The fourth-order valence-electron chi connectivity index (χ4n) is 2.43. The Labute approximate surface area is 141 Å². The van der Waals surface area contributed by atoms with Crippen molar-refractivity contribution in [3.8, 4) is 0 Å². The van der Waals surface area contributed by atoms with Crippen LogP contribution >= 0.6 is 11.3 Å². The Hall–Kier alpha value is -3.06. The average Bonchev–Trinajstić information content (AvgIpc) is 3.21. The quantitative estimate of drug-likeness (QED) is 0.622. The van der Waals surface area contributed by atoms with Crippen LogP contribution in [0, 0.1) is 0 Å². The van der Waals surface area contributed by atoms with E-state index in [0.717, 1.165) is 10.3 Å². The number of hydrogen-bond acceptors (Lipinski definition) is 5. The van der Waals surface area contributed by atoms with Crippen LogP contribution in [-0.2, 0) is 6.54 Å². The highest BCUT2D eigenvalue weighted by molar-refractivity contribution is 7.22. The van der Waals surface area contributed by atoms with Crippen LogP contribution in [0.5, 0.6) is 0 Å². The van der Waals surface area contributed by atoms with Gasteiger partial charge < -0.3 is 4.57 Å². The molecule has 6 nitrogen and oxygen atoms in total. The summed E-state index contributed by atoms with van der Waals surface area (Å²) in [7, 11) is 0. The highest BCUT2D eigenvalue weighted by atomic mass is 32.1. The molecule has 0 bridgehead atoms. The molecule has 0 unspecified atom stereocenters. The summed E-state index contributed by atoms with van der Waals surface area (Å²) in [5, 5.41) is 3.40. The van der Waals surface area contributed by atoms with E-state index < -0.39 is 0 Å². The Morgan fingerprint density at radius 2 is 2.00 bits per heavy atom. The van der Waals surface area contributed by atoms with Crippen LogP contribution in [0.1, 0.15) is 16.1 Å². The summed E-state index contributed by atoms with van der Waals surface area (Å²) in [5.74, 6) is -0.187. The minimum atomic E-state index is -0.187. The van der Waals surface area contributed by atoms with Crippen molar-refractivity contribution in [1.29, 1.82) is 0 Å². The number of pyridine rings is 2. The molecule has 7 heteroatoms. The van der Waals surface area contributed by atoms with Crippen LogP contribution in [0.3, 0.4) is 0 Å². The SMILES string of the molecule is O=C(Nc1nc2ncccc2s1)c1cccn1Cc1ccncc1. The minimum absolute atomic E-state index is 0.187. The third-order valence-corrected chi connectivity index (χ3v) is 4.48. The molecule has 1 amide bonds. The predicted molar refractivity (Wildman–Crippen MR) is 93.1 cm³/mol. The molecule has 0 aliphatic carbocycles. The number of nitrogens with one attached hydrogen (secondary N) is 1. The van der Waals surface area contributed by atoms with Crippen molar-refractivity contribution in [2.75, 3.05) is 5.32 Å². The van der Waals surface area contributed by atoms with E-state index in [0.29, 0.717) is 23.0 Å². The lowest BCUT2D eigenvalue weighted by Gasteiger charge is -2.08. The Morgan fingerprint density at radius 3 is 2.83 bits per heavy atom. The fourth-order valence-corrected chi connectivity index (χ4v) is 3.25. The number of nitrogens with zero attached hydrogens (tertiary/aromatic N) is 4. The van der Waals surface area contributed by atoms with Crippen molar-refractivity contribution in [2.45, 2.75) is 6.54 Å². The summed E-state index contributed by atoms with van der Waals surface area (Å²) in [5.41, 5.74) is 2.31. The molecule has 118 valence electrons. The molecule has 0 aliphatic heterocycles. The zero-order valence-electron chi connectivity index (χ0n) is 12.6. The first-order valence-electron chi connectivity index (χ1n) is 7.36. The summed E-state index contributed by atoms with van der Waals surface area (Å²) in [4.78, 5) is 25.1. The molecular weight excluding hydrogens is 322 g/mol. The molecule has 0 aliphatic rings. The van der Waals surface area contributed by atoms with Gasteiger partial charge in [0.25, 0.3) is 5.91 Å². The molecule has 0 saturated heterocycles. The molecule has 0 saturated carbocycles. The van der Waals surface area contributed by atoms with E-state index in [1.807, 2.05) is 41.1 Å². The van der Waals surface area contributed by atoms with E-state index >= 15 is 0 Å². The van der Waals surface area contributed by atoms with Crippen LogP contribution in [0.25, 0.3) is 10.3 Å². The van der Waals surface area contributed by atoms with Crippen LogP contribution < -0.4 is 5.32 Å². The lowest BCUT2D eigenvalue weighted by molar-refractivity contribution is 0.101. The highest BCUT2D eigenvalue weighted by Crippen LogP contribution is 2.24. The summed E-state index contributed by atoms with van der Waals surface area (Å²) >= 11 is 1.41. The van der Waals surface area contributed by atoms with Gasteiger partial charge in [-0.1, -0.05) is 11.3 Å². The highest BCUT2D eigenvalue weighted by Gasteiger charge is 2.14. The lowest BCUT2D eigenvalue weighted by atomic mass is 10.2. The van der Waals surface area contributed by atoms with Gasteiger partial charge in [-0.15, -0.1) is 0 Å². The standard InChI is InChI=1S/C17H13N5OS/c23-16(21-17-20-15-14(24-17)4-1-7-19-15)13-3-2-10-22(13)11-12-5-8-18-9-6-12/h1-10H,11H2,(H,19,20,21,23). The molecular formula is C17H13N5OS. The normalized spacial score (nSPS) is 10.8. The molecule has 0 fully saturated rings. The number of anilines is 1. The van der Waals surface area contributed by atoms with Gasteiger partial charge in [-0.2, -0.15) is 4.98 Å². The first-order chi connectivity index (χ1) is 11.8. The van der Waals surface area contributed by atoms with Gasteiger partial charge in [0.05, 0.1) is 4.70 Å². The maximum atomic E-state index is 12.6.